The lowest BCUT2D eigenvalue weighted by Crippen LogP contribution is -2.67. The number of nitrogens with zero attached hydrogens (tertiary/aromatic N) is 1. The fraction of sp³-hybridized carbons (Fsp3) is 0.591. The number of rotatable bonds is 7. The molecule has 4 amide bonds. The lowest BCUT2D eigenvalue weighted by Gasteiger charge is -2.40. The van der Waals surface area contributed by atoms with E-state index in [1.807, 2.05) is 32.2 Å². The van der Waals surface area contributed by atoms with Gasteiger partial charge < -0.3 is 5.32 Å². The van der Waals surface area contributed by atoms with Crippen LogP contribution in [0.25, 0.3) is 0 Å². The van der Waals surface area contributed by atoms with Crippen molar-refractivity contribution in [3.8, 4) is 0 Å². The minimum Gasteiger partial charge on any atom is -0.315 e. The summed E-state index contributed by atoms with van der Waals surface area (Å²) in [5.74, 6) is -0.319. The molecule has 1 heterocycles. The van der Waals surface area contributed by atoms with E-state index in [1.54, 1.807) is 12.1 Å². The monoisotopic (exact) mass is 385 g/mol. The molecule has 3 rings (SSSR count). The van der Waals surface area contributed by atoms with E-state index in [0.717, 1.165) is 6.42 Å². The highest BCUT2D eigenvalue weighted by Gasteiger charge is 2.54. The van der Waals surface area contributed by atoms with E-state index in [9.17, 15) is 14.4 Å². The van der Waals surface area contributed by atoms with Crippen molar-refractivity contribution < 1.29 is 14.4 Å². The lowest BCUT2D eigenvalue weighted by atomic mass is 9.74. The van der Waals surface area contributed by atoms with Crippen LogP contribution in [0.3, 0.4) is 0 Å². The van der Waals surface area contributed by atoms with Crippen LogP contribution in [0.2, 0.25) is 0 Å². The molecule has 0 spiro atoms. The predicted octanol–water partition coefficient (Wildman–Crippen LogP) is 2.97. The first-order valence-electron chi connectivity index (χ1n) is 10.4. The first-order chi connectivity index (χ1) is 13.5. The van der Waals surface area contributed by atoms with Crippen LogP contribution >= 0.6 is 0 Å². The van der Waals surface area contributed by atoms with Gasteiger partial charge in [0.05, 0.1) is 0 Å². The molecule has 1 unspecified atom stereocenters. The largest absolute Gasteiger partial charge is 0.330 e. The Hall–Kier alpha value is -2.21. The maximum Gasteiger partial charge on any atom is 0.330 e. The molecule has 152 valence electrons. The third-order valence-electron chi connectivity index (χ3n) is 6.41. The average molecular weight is 386 g/mol. The summed E-state index contributed by atoms with van der Waals surface area (Å²) in [5.41, 5.74) is -0.719. The number of likely N-dealkylation sites (N-methyl/N-ethyl adjacent to an activating group) is 1. The van der Waals surface area contributed by atoms with Gasteiger partial charge in [0.2, 0.25) is 5.91 Å². The number of amides is 4. The molecule has 6 heteroatoms. The number of nitrogens with one attached hydrogen (secondary N) is 2. The molecule has 0 aromatic heterocycles. The van der Waals surface area contributed by atoms with Crippen LogP contribution in [0.4, 0.5) is 4.79 Å². The van der Waals surface area contributed by atoms with Crippen LogP contribution in [0.5, 0.6) is 0 Å². The van der Waals surface area contributed by atoms with Gasteiger partial charge in [-0.05, 0) is 31.4 Å². The molecule has 2 aliphatic rings. The molecule has 1 saturated heterocycles. The molecule has 2 N–H and O–H groups in total. The molecule has 1 aromatic carbocycles. The van der Waals surface area contributed by atoms with E-state index < -0.39 is 23.3 Å². The third kappa shape index (κ3) is 3.83. The molecule has 28 heavy (non-hydrogen) atoms. The number of hydrogen-bond acceptors (Lipinski definition) is 4. The number of carbonyl (C=O) groups is 3. The Bertz CT molecular complexity index is 715. The van der Waals surface area contributed by atoms with Crippen LogP contribution in [0.15, 0.2) is 30.3 Å². The Balaban J connectivity index is 1.82. The standard InChI is InChI=1S/C22H31N3O3/c1-3-22(17-12-8-5-9-13-17)19(26)24-21(28)25(20(22)27)15-18(23-2)14-16-10-6-4-7-11-16/h5,8-9,12-13,16,18,23H,3-4,6-7,10-11,14-15H2,1-2H3,(H,24,26,28)/t18?,22-/m1/s1. The maximum atomic E-state index is 13.5. The Morgan fingerprint density at radius 3 is 2.43 bits per heavy atom. The molecule has 0 radical (unpaired) electrons. The zero-order valence-corrected chi connectivity index (χ0v) is 16.9. The van der Waals surface area contributed by atoms with Gasteiger partial charge in [-0.2, -0.15) is 0 Å². The van der Waals surface area contributed by atoms with Crippen molar-refractivity contribution in [1.29, 1.82) is 0 Å². The molecular formula is C22H31N3O3. The summed E-state index contributed by atoms with van der Waals surface area (Å²) < 4.78 is 0. The second-order valence-corrected chi connectivity index (χ2v) is 8.03. The first kappa shape index (κ1) is 20.5. The fourth-order valence-corrected chi connectivity index (χ4v) is 4.68. The lowest BCUT2D eigenvalue weighted by molar-refractivity contribution is -0.145. The molecule has 1 aromatic rings. The van der Waals surface area contributed by atoms with Gasteiger partial charge in [0, 0.05) is 12.6 Å². The van der Waals surface area contributed by atoms with E-state index >= 15 is 0 Å². The molecule has 1 aliphatic carbocycles. The molecule has 2 fully saturated rings. The molecule has 0 bridgehead atoms. The SMILES string of the molecule is CC[C@@]1(c2ccccc2)C(=O)NC(=O)N(CC(CC2CCCCC2)NC)C1=O. The second kappa shape index (κ2) is 8.86. The predicted molar refractivity (Wildman–Crippen MR) is 108 cm³/mol. The highest BCUT2D eigenvalue weighted by molar-refractivity contribution is 6.22. The van der Waals surface area contributed by atoms with Gasteiger partial charge in [0.15, 0.2) is 5.41 Å². The van der Waals surface area contributed by atoms with E-state index in [-0.39, 0.29) is 12.6 Å². The van der Waals surface area contributed by atoms with Gasteiger partial charge in [0.1, 0.15) is 0 Å². The maximum absolute atomic E-state index is 13.5. The van der Waals surface area contributed by atoms with Crippen molar-refractivity contribution in [1.82, 2.24) is 15.5 Å². The number of hydrogen-bond donors (Lipinski definition) is 2. The van der Waals surface area contributed by atoms with E-state index in [1.165, 1.54) is 37.0 Å². The van der Waals surface area contributed by atoms with Crippen molar-refractivity contribution in [3.05, 3.63) is 35.9 Å². The Kier molecular flexibility index (Phi) is 6.50. The summed E-state index contributed by atoms with van der Waals surface area (Å²) in [6.45, 7) is 2.09. The van der Waals surface area contributed by atoms with E-state index in [4.69, 9.17) is 0 Å². The van der Waals surface area contributed by atoms with Gasteiger partial charge in [-0.3, -0.25) is 19.8 Å². The Morgan fingerprint density at radius 2 is 1.82 bits per heavy atom. The minimum absolute atomic E-state index is 0.0244. The number of barbiturate groups is 1. The minimum atomic E-state index is -1.35. The van der Waals surface area contributed by atoms with E-state index in [0.29, 0.717) is 17.9 Å². The Morgan fingerprint density at radius 1 is 1.14 bits per heavy atom. The topological polar surface area (TPSA) is 78.5 Å². The van der Waals surface area contributed by atoms with Crippen LogP contribution in [0, 0.1) is 5.92 Å². The fourth-order valence-electron chi connectivity index (χ4n) is 4.68. The van der Waals surface area contributed by atoms with Gasteiger partial charge in [-0.25, -0.2) is 4.79 Å². The zero-order chi connectivity index (χ0) is 20.1. The van der Waals surface area contributed by atoms with Crippen molar-refractivity contribution in [2.24, 2.45) is 5.92 Å². The van der Waals surface area contributed by atoms with Gasteiger partial charge in [0.25, 0.3) is 5.91 Å². The molecule has 2 atom stereocenters. The third-order valence-corrected chi connectivity index (χ3v) is 6.41. The number of carbonyl (C=O) groups excluding carboxylic acids is 3. The summed E-state index contributed by atoms with van der Waals surface area (Å²) in [4.78, 5) is 40.0. The summed E-state index contributed by atoms with van der Waals surface area (Å²) >= 11 is 0. The summed E-state index contributed by atoms with van der Waals surface area (Å²) in [6.07, 6.45) is 7.47. The van der Waals surface area contributed by atoms with Gasteiger partial charge in [-0.1, -0.05) is 69.4 Å². The quantitative estimate of drug-likeness (QED) is 0.708. The van der Waals surface area contributed by atoms with Crippen molar-refractivity contribution in [2.45, 2.75) is 63.3 Å². The summed E-state index contributed by atoms with van der Waals surface area (Å²) in [5, 5.41) is 5.71. The molecule has 6 nitrogen and oxygen atoms in total. The van der Waals surface area contributed by atoms with Gasteiger partial charge >= 0.3 is 6.03 Å². The van der Waals surface area contributed by atoms with Crippen molar-refractivity contribution in [2.75, 3.05) is 13.6 Å². The average Bonchev–Trinajstić information content (AvgIpc) is 2.72. The van der Waals surface area contributed by atoms with E-state index in [2.05, 4.69) is 10.6 Å². The van der Waals surface area contributed by atoms with Crippen LogP contribution in [-0.4, -0.2) is 42.4 Å². The van der Waals surface area contributed by atoms with Crippen LogP contribution in [-0.2, 0) is 15.0 Å². The highest BCUT2D eigenvalue weighted by atomic mass is 16.2. The Labute approximate surface area is 167 Å². The summed E-state index contributed by atoms with van der Waals surface area (Å²) in [7, 11) is 1.87. The van der Waals surface area contributed by atoms with Crippen LogP contribution in [0.1, 0.15) is 57.4 Å². The normalized spacial score (nSPS) is 24.9. The molecule has 1 aliphatic heterocycles. The van der Waals surface area contributed by atoms with Gasteiger partial charge in [-0.15, -0.1) is 0 Å². The van der Waals surface area contributed by atoms with Crippen LogP contribution < -0.4 is 10.6 Å². The highest BCUT2D eigenvalue weighted by Crippen LogP contribution is 2.34. The second-order valence-electron chi connectivity index (χ2n) is 8.03. The first-order valence-corrected chi connectivity index (χ1v) is 10.4. The van der Waals surface area contributed by atoms with Crippen molar-refractivity contribution in [3.63, 3.8) is 0 Å². The molecular weight excluding hydrogens is 354 g/mol. The number of urea groups is 1. The zero-order valence-electron chi connectivity index (χ0n) is 16.9. The molecule has 1 saturated carbocycles. The smallest absolute Gasteiger partial charge is 0.315 e. The number of benzene rings is 1. The summed E-state index contributed by atoms with van der Waals surface area (Å²) in [6, 6.07) is 8.46. The number of imide groups is 2. The van der Waals surface area contributed by atoms with Crippen molar-refractivity contribution >= 4 is 17.8 Å².